The van der Waals surface area contributed by atoms with E-state index in [0.717, 1.165) is 11.1 Å². The van der Waals surface area contributed by atoms with Gasteiger partial charge in [0.15, 0.2) is 23.0 Å². The average Bonchev–Trinajstić information content (AvgIpc) is 3.45. The second-order valence-electron chi connectivity index (χ2n) is 10.8. The van der Waals surface area contributed by atoms with Crippen molar-refractivity contribution in [3.63, 3.8) is 0 Å². The second-order valence-corrected chi connectivity index (χ2v) is 10.8. The largest absolute Gasteiger partial charge is 0.508 e. The lowest BCUT2D eigenvalue weighted by molar-refractivity contribution is -0.124. The Labute approximate surface area is 266 Å². The zero-order chi connectivity index (χ0) is 32.6. The monoisotopic (exact) mass is 624 g/mol. The van der Waals surface area contributed by atoms with E-state index in [1.165, 1.54) is 26.4 Å². The van der Waals surface area contributed by atoms with Crippen LogP contribution in [0.3, 0.4) is 0 Å². The number of methoxy groups -OCH3 is 2. The van der Waals surface area contributed by atoms with Gasteiger partial charge in [-0.2, -0.15) is 0 Å². The van der Waals surface area contributed by atoms with E-state index in [9.17, 15) is 24.9 Å². The van der Waals surface area contributed by atoms with Crippen LogP contribution in [-0.4, -0.2) is 54.4 Å². The Hall–Kier alpha value is -5.64. The first-order valence-electron chi connectivity index (χ1n) is 14.8. The molecule has 0 saturated carbocycles. The molecule has 1 aliphatic rings. The number of nitrogens with one attached hydrogen (secondary N) is 2. The lowest BCUT2D eigenvalue weighted by Gasteiger charge is -2.20. The van der Waals surface area contributed by atoms with Crippen molar-refractivity contribution in [3.8, 4) is 34.5 Å². The van der Waals surface area contributed by atoms with Gasteiger partial charge in [0, 0.05) is 24.7 Å². The topological polar surface area (TPSA) is 147 Å². The van der Waals surface area contributed by atoms with Gasteiger partial charge in [-0.05, 0) is 89.7 Å². The average molecular weight is 625 g/mol. The summed E-state index contributed by atoms with van der Waals surface area (Å²) in [6.07, 6.45) is 3.47. The van der Waals surface area contributed by atoms with Crippen LogP contribution in [-0.2, 0) is 22.4 Å². The van der Waals surface area contributed by atoms with Gasteiger partial charge in [0.25, 0.3) is 0 Å². The van der Waals surface area contributed by atoms with E-state index in [4.69, 9.17) is 14.2 Å². The molecule has 10 heteroatoms. The van der Waals surface area contributed by atoms with Gasteiger partial charge in [0.05, 0.1) is 14.2 Å². The summed E-state index contributed by atoms with van der Waals surface area (Å²) in [5.41, 5.74) is 3.79. The fraction of sp³-hybridized carbons (Fsp3) is 0.222. The van der Waals surface area contributed by atoms with Crippen LogP contribution in [0.5, 0.6) is 34.5 Å². The number of ether oxygens (including phenoxy) is 3. The Morgan fingerprint density at radius 1 is 0.783 bits per heavy atom. The summed E-state index contributed by atoms with van der Waals surface area (Å²) < 4.78 is 17.3. The zero-order valence-electron chi connectivity index (χ0n) is 25.5. The predicted molar refractivity (Wildman–Crippen MR) is 172 cm³/mol. The van der Waals surface area contributed by atoms with Crippen LogP contribution in [0.4, 0.5) is 0 Å². The number of phenols is 3. The molecule has 0 spiro atoms. The summed E-state index contributed by atoms with van der Waals surface area (Å²) in [5.74, 6) is 0.0356. The maximum atomic E-state index is 13.8. The molecule has 2 amide bonds. The highest BCUT2D eigenvalue weighted by Crippen LogP contribution is 2.51. The molecule has 0 aromatic heterocycles. The normalized spacial score (nSPS) is 15.2. The number of benzene rings is 4. The number of carbonyl (C=O) groups is 2. The molecule has 0 radical (unpaired) electrons. The smallest absolute Gasteiger partial charge is 0.244 e. The summed E-state index contributed by atoms with van der Waals surface area (Å²) in [7, 11) is 2.95. The van der Waals surface area contributed by atoms with Crippen molar-refractivity contribution < 1.29 is 39.1 Å². The minimum absolute atomic E-state index is 0.0389. The van der Waals surface area contributed by atoms with Gasteiger partial charge < -0.3 is 40.2 Å². The van der Waals surface area contributed by atoms with Crippen LogP contribution in [0.1, 0.15) is 39.8 Å². The van der Waals surface area contributed by atoms with Gasteiger partial charge in [-0.1, -0.05) is 30.3 Å². The fourth-order valence-corrected chi connectivity index (χ4v) is 5.35. The van der Waals surface area contributed by atoms with E-state index >= 15 is 0 Å². The minimum atomic E-state index is -0.787. The number of hydrogen-bond acceptors (Lipinski definition) is 8. The Balaban J connectivity index is 1.37. The first kappa shape index (κ1) is 31.8. The fourth-order valence-electron chi connectivity index (χ4n) is 5.35. The molecule has 10 nitrogen and oxygen atoms in total. The minimum Gasteiger partial charge on any atom is -0.508 e. The Bertz CT molecular complexity index is 1720. The highest BCUT2D eigenvalue weighted by atomic mass is 16.5. The third-order valence-electron chi connectivity index (χ3n) is 7.75. The molecule has 4 aromatic carbocycles. The van der Waals surface area contributed by atoms with Gasteiger partial charge in [-0.15, -0.1) is 0 Å². The molecule has 238 valence electrons. The molecule has 1 aliphatic heterocycles. The highest BCUT2D eigenvalue weighted by Gasteiger charge is 2.42. The Morgan fingerprint density at radius 2 is 1.39 bits per heavy atom. The molecular weight excluding hydrogens is 588 g/mol. The number of aromatic hydroxyl groups is 3. The van der Waals surface area contributed by atoms with Crippen molar-refractivity contribution in [2.24, 2.45) is 0 Å². The molecule has 46 heavy (non-hydrogen) atoms. The van der Waals surface area contributed by atoms with Gasteiger partial charge >= 0.3 is 0 Å². The van der Waals surface area contributed by atoms with E-state index in [2.05, 4.69) is 10.6 Å². The third kappa shape index (κ3) is 7.52. The van der Waals surface area contributed by atoms with Crippen LogP contribution in [0.25, 0.3) is 6.08 Å². The predicted octanol–water partition coefficient (Wildman–Crippen LogP) is 4.77. The van der Waals surface area contributed by atoms with Crippen molar-refractivity contribution in [2.45, 2.75) is 24.9 Å². The second kappa shape index (κ2) is 14.4. The number of carbonyl (C=O) groups excluding carboxylic acids is 2. The standard InChI is InChI=1S/C36H36N2O8/c1-44-30-21-25(8-13-29(30)41)34-33(36(43)38-18-16-23-5-11-27(40)12-6-23)28-19-24(20-31(45-2)35(28)46-34)7-14-32(42)37-17-15-22-3-9-26(39)10-4-22/h3-14,19-21,33-34,39-41H,15-18H2,1-2H3,(H,37,42)(H,38,43)/b14-7+/t33-,34+/m0/s1. The number of amides is 2. The molecule has 4 aromatic rings. The van der Waals surface area contributed by atoms with E-state index in [1.807, 2.05) is 0 Å². The lowest BCUT2D eigenvalue weighted by atomic mass is 9.89. The number of fused-ring (bicyclic) bond motifs is 1. The molecule has 5 N–H and O–H groups in total. The molecule has 5 rings (SSSR count). The molecule has 1 heterocycles. The van der Waals surface area contributed by atoms with Crippen LogP contribution in [0.15, 0.2) is 84.9 Å². The van der Waals surface area contributed by atoms with Crippen molar-refractivity contribution in [1.29, 1.82) is 0 Å². The van der Waals surface area contributed by atoms with Crippen molar-refractivity contribution in [3.05, 3.63) is 113 Å². The van der Waals surface area contributed by atoms with Crippen molar-refractivity contribution in [1.82, 2.24) is 10.6 Å². The maximum Gasteiger partial charge on any atom is 0.244 e. The van der Waals surface area contributed by atoms with Crippen LogP contribution < -0.4 is 24.8 Å². The van der Waals surface area contributed by atoms with Crippen molar-refractivity contribution in [2.75, 3.05) is 27.3 Å². The molecular formula is C36H36N2O8. The molecule has 0 saturated heterocycles. The van der Waals surface area contributed by atoms with E-state index < -0.39 is 12.0 Å². The molecule has 0 aliphatic carbocycles. The highest BCUT2D eigenvalue weighted by molar-refractivity contribution is 5.92. The number of phenolic OH excluding ortho intramolecular Hbond substituents is 3. The van der Waals surface area contributed by atoms with Crippen LogP contribution >= 0.6 is 0 Å². The zero-order valence-corrected chi connectivity index (χ0v) is 25.5. The molecule has 0 bridgehead atoms. The maximum absolute atomic E-state index is 13.8. The van der Waals surface area contributed by atoms with E-state index in [1.54, 1.807) is 78.9 Å². The molecule has 2 atom stereocenters. The van der Waals surface area contributed by atoms with Crippen LogP contribution in [0.2, 0.25) is 0 Å². The van der Waals surface area contributed by atoms with E-state index in [0.29, 0.717) is 54.1 Å². The quantitative estimate of drug-likeness (QED) is 0.142. The van der Waals surface area contributed by atoms with Gasteiger partial charge in [0.2, 0.25) is 11.8 Å². The first-order valence-corrected chi connectivity index (χ1v) is 14.8. The van der Waals surface area contributed by atoms with Crippen molar-refractivity contribution >= 4 is 17.9 Å². The summed E-state index contributed by atoms with van der Waals surface area (Å²) in [4.78, 5) is 26.4. The molecule has 0 fully saturated rings. The van der Waals surface area contributed by atoms with Gasteiger partial charge in [-0.25, -0.2) is 0 Å². The SMILES string of the molecule is COc1cc([C@H]2Oc3c(OC)cc(/C=C/C(=O)NCCc4ccc(O)cc4)cc3[C@@H]2C(=O)NCCc2ccc(O)cc2)ccc1O. The van der Waals surface area contributed by atoms with Gasteiger partial charge in [0.1, 0.15) is 23.5 Å². The number of rotatable bonds is 12. The summed E-state index contributed by atoms with van der Waals surface area (Å²) in [6, 6.07) is 22.0. The summed E-state index contributed by atoms with van der Waals surface area (Å²) in [6.45, 7) is 0.765. The Kier molecular flexibility index (Phi) is 9.97. The van der Waals surface area contributed by atoms with E-state index in [-0.39, 0.29) is 34.8 Å². The lowest BCUT2D eigenvalue weighted by Crippen LogP contribution is -2.33. The molecule has 0 unspecified atom stereocenters. The Morgan fingerprint density at radius 3 is 2.00 bits per heavy atom. The van der Waals surface area contributed by atoms with Crippen LogP contribution in [0, 0.1) is 0 Å². The first-order chi connectivity index (χ1) is 22.2. The van der Waals surface area contributed by atoms with Gasteiger partial charge in [-0.3, -0.25) is 9.59 Å². The third-order valence-corrected chi connectivity index (χ3v) is 7.75. The summed E-state index contributed by atoms with van der Waals surface area (Å²) >= 11 is 0. The summed E-state index contributed by atoms with van der Waals surface area (Å²) in [5, 5.41) is 35.1. The number of hydrogen-bond donors (Lipinski definition) is 5.